The number of nitrogens with one attached hydrogen (secondary N) is 2. The summed E-state index contributed by atoms with van der Waals surface area (Å²) >= 11 is 1.23. The molecular weight excluding hydrogens is 690 g/mol. The summed E-state index contributed by atoms with van der Waals surface area (Å²) in [5.74, 6) is -2.12. The number of fused-ring (bicyclic) bond motifs is 2. The van der Waals surface area contributed by atoms with E-state index < -0.39 is 23.7 Å². The first kappa shape index (κ1) is 33.3. The number of amides is 6. The van der Waals surface area contributed by atoms with Gasteiger partial charge in [-0.1, -0.05) is 18.2 Å². The van der Waals surface area contributed by atoms with Gasteiger partial charge in [0.1, 0.15) is 11.6 Å². The van der Waals surface area contributed by atoms with E-state index in [2.05, 4.69) is 20.5 Å². The van der Waals surface area contributed by atoms with Crippen LogP contribution < -0.4 is 20.4 Å². The molecule has 6 amide bonds. The van der Waals surface area contributed by atoms with E-state index in [-0.39, 0.29) is 61.3 Å². The third-order valence-electron chi connectivity index (χ3n) is 10.2. The largest absolute Gasteiger partial charge is 0.508 e. The van der Waals surface area contributed by atoms with Gasteiger partial charge in [0.05, 0.1) is 31.7 Å². The van der Waals surface area contributed by atoms with Crippen molar-refractivity contribution in [3.05, 3.63) is 99.3 Å². The number of aromatic nitrogens is 1. The van der Waals surface area contributed by atoms with Crippen molar-refractivity contribution in [3.63, 3.8) is 0 Å². The summed E-state index contributed by atoms with van der Waals surface area (Å²) in [7, 11) is 0. The number of anilines is 3. The predicted molar refractivity (Wildman–Crippen MR) is 189 cm³/mol. The number of rotatable bonds is 8. The zero-order valence-electron chi connectivity index (χ0n) is 27.9. The van der Waals surface area contributed by atoms with Crippen molar-refractivity contribution >= 4 is 57.5 Å². The molecule has 0 unspecified atom stereocenters. The lowest BCUT2D eigenvalue weighted by Crippen LogP contribution is -2.56. The minimum Gasteiger partial charge on any atom is -0.508 e. The van der Waals surface area contributed by atoms with Gasteiger partial charge in [-0.2, -0.15) is 0 Å². The van der Waals surface area contributed by atoms with Crippen LogP contribution in [-0.4, -0.2) is 69.4 Å². The molecule has 3 N–H and O–H groups in total. The number of halogens is 1. The highest BCUT2D eigenvalue weighted by Gasteiger charge is 2.38. The molecule has 4 aliphatic rings. The Kier molecular flexibility index (Phi) is 8.57. The van der Waals surface area contributed by atoms with E-state index in [0.29, 0.717) is 22.2 Å². The maximum atomic E-state index is 15.5. The first-order chi connectivity index (χ1) is 25.1. The molecule has 15 heteroatoms. The number of benzene rings is 3. The van der Waals surface area contributed by atoms with E-state index in [1.807, 2.05) is 30.3 Å². The number of phenols is 1. The normalized spacial score (nSPS) is 17.5. The van der Waals surface area contributed by atoms with Crippen LogP contribution in [0.15, 0.2) is 60.1 Å². The van der Waals surface area contributed by atoms with Gasteiger partial charge in [0.25, 0.3) is 11.8 Å². The van der Waals surface area contributed by atoms with E-state index in [1.165, 1.54) is 32.3 Å². The monoisotopic (exact) mass is 723 g/mol. The Bertz CT molecular complexity index is 2130. The lowest BCUT2D eigenvalue weighted by molar-refractivity contribution is -0.123. The van der Waals surface area contributed by atoms with Crippen molar-refractivity contribution in [2.75, 3.05) is 34.8 Å². The molecule has 0 spiro atoms. The number of piperidine rings is 1. The van der Waals surface area contributed by atoms with Crippen molar-refractivity contribution in [2.45, 2.75) is 45.2 Å². The Morgan fingerprint density at radius 2 is 1.81 bits per heavy atom. The smallest absolute Gasteiger partial charge is 0.342 e. The highest BCUT2D eigenvalue weighted by molar-refractivity contribution is 7.13. The number of nitrogens with zero attached hydrogens (tertiary/aromatic N) is 5. The molecule has 0 atom stereocenters. The van der Waals surface area contributed by atoms with Crippen LogP contribution in [0.1, 0.15) is 62.2 Å². The fourth-order valence-electron chi connectivity index (χ4n) is 7.64. The summed E-state index contributed by atoms with van der Waals surface area (Å²) in [6, 6.07) is 13.0. The van der Waals surface area contributed by atoms with Crippen molar-refractivity contribution in [3.8, 4) is 5.75 Å². The van der Waals surface area contributed by atoms with E-state index in [4.69, 9.17) is 0 Å². The van der Waals surface area contributed by atoms with Gasteiger partial charge in [-0.25, -0.2) is 24.2 Å². The van der Waals surface area contributed by atoms with Crippen LogP contribution in [-0.2, 0) is 35.5 Å². The Balaban J connectivity index is 0.936. The Labute approximate surface area is 301 Å². The molecule has 2 saturated heterocycles. The van der Waals surface area contributed by atoms with Crippen LogP contribution in [0.5, 0.6) is 5.75 Å². The number of hydrogen-bond donors (Lipinski definition) is 3. The Morgan fingerprint density at radius 1 is 0.981 bits per heavy atom. The second-order valence-corrected chi connectivity index (χ2v) is 14.3. The highest BCUT2D eigenvalue weighted by atomic mass is 32.1. The minimum absolute atomic E-state index is 0.0229. The highest BCUT2D eigenvalue weighted by Crippen LogP contribution is 2.41. The molecular formula is C37H34FN7O6S. The van der Waals surface area contributed by atoms with Crippen molar-refractivity contribution in [1.29, 1.82) is 0 Å². The number of thiazole rings is 1. The molecule has 3 aromatic carbocycles. The van der Waals surface area contributed by atoms with Gasteiger partial charge in [0, 0.05) is 59.0 Å². The van der Waals surface area contributed by atoms with E-state index >= 15 is 4.39 Å². The minimum atomic E-state index is -0.713. The zero-order valence-corrected chi connectivity index (χ0v) is 28.7. The van der Waals surface area contributed by atoms with Crippen LogP contribution in [0.4, 0.5) is 25.7 Å². The molecule has 0 bridgehead atoms. The molecule has 13 nitrogen and oxygen atoms in total. The summed E-state index contributed by atoms with van der Waals surface area (Å²) in [6.07, 6.45) is 3.94. The standard InChI is InChI=1S/C37H34FN7O6S/c38-28-6-7-30(46)26(18-32(48)40-36-39-11-15-52-36)33(28)43-20-27-25(34(43)49)2-1-3-29(27)42-12-8-21(9-13-42)16-22-4-5-24-23(17-22)19-45(35(24)50)44-14-10-31(47)41-37(44)51/h1-7,11,15,17,21,46H,8-10,12-14,16,18-20H2,(H,39,40,48)(H,41,47,51). The molecule has 5 heterocycles. The first-order valence-electron chi connectivity index (χ1n) is 17.1. The lowest BCUT2D eigenvalue weighted by atomic mass is 9.88. The molecule has 0 radical (unpaired) electrons. The number of urea groups is 1. The summed E-state index contributed by atoms with van der Waals surface area (Å²) < 4.78 is 15.5. The predicted octanol–water partition coefficient (Wildman–Crippen LogP) is 4.60. The third kappa shape index (κ3) is 6.10. The van der Waals surface area contributed by atoms with Crippen LogP contribution in [0.2, 0.25) is 0 Å². The van der Waals surface area contributed by atoms with Crippen LogP contribution in [0.25, 0.3) is 0 Å². The summed E-state index contributed by atoms with van der Waals surface area (Å²) in [5, 5.41) is 20.4. The van der Waals surface area contributed by atoms with Gasteiger partial charge >= 0.3 is 6.03 Å². The van der Waals surface area contributed by atoms with E-state index in [9.17, 15) is 29.1 Å². The number of carbonyl (C=O) groups excluding carboxylic acids is 5. The van der Waals surface area contributed by atoms with Gasteiger partial charge in [-0.15, -0.1) is 11.3 Å². The van der Waals surface area contributed by atoms with Crippen molar-refractivity contribution < 1.29 is 33.5 Å². The molecule has 52 heavy (non-hydrogen) atoms. The van der Waals surface area contributed by atoms with Crippen LogP contribution in [0.3, 0.4) is 0 Å². The van der Waals surface area contributed by atoms with Crippen molar-refractivity contribution in [1.82, 2.24) is 20.3 Å². The number of phenolic OH excluding ortho intramolecular Hbond substituents is 1. The number of aromatic hydroxyl groups is 1. The maximum Gasteiger partial charge on any atom is 0.342 e. The number of hydrazine groups is 1. The summed E-state index contributed by atoms with van der Waals surface area (Å²) in [6.45, 7) is 2.01. The number of carbonyl (C=O) groups is 5. The topological polar surface area (TPSA) is 155 Å². The quantitative estimate of drug-likeness (QED) is 0.238. The molecule has 4 aliphatic heterocycles. The lowest BCUT2D eigenvalue weighted by Gasteiger charge is -2.35. The number of hydrogen-bond acceptors (Lipinski definition) is 9. The molecule has 0 saturated carbocycles. The van der Waals surface area contributed by atoms with Gasteiger partial charge in [-0.3, -0.25) is 24.5 Å². The molecule has 1 aromatic heterocycles. The van der Waals surface area contributed by atoms with Gasteiger partial charge in [0.2, 0.25) is 11.8 Å². The Morgan fingerprint density at radius 3 is 2.58 bits per heavy atom. The fraction of sp³-hybridized carbons (Fsp3) is 0.297. The number of imide groups is 1. The van der Waals surface area contributed by atoms with E-state index in [1.54, 1.807) is 17.6 Å². The summed E-state index contributed by atoms with van der Waals surface area (Å²) in [5.41, 5.74) is 4.54. The third-order valence-corrected chi connectivity index (χ3v) is 10.9. The van der Waals surface area contributed by atoms with Gasteiger partial charge < -0.3 is 20.2 Å². The van der Waals surface area contributed by atoms with Crippen LogP contribution in [0, 0.1) is 11.7 Å². The molecule has 0 aliphatic carbocycles. The maximum absolute atomic E-state index is 15.5. The average Bonchev–Trinajstić information content (AvgIpc) is 3.85. The zero-order chi connectivity index (χ0) is 36.1. The second-order valence-electron chi connectivity index (χ2n) is 13.4. The van der Waals surface area contributed by atoms with E-state index in [0.717, 1.165) is 60.8 Å². The average molecular weight is 724 g/mol. The molecule has 266 valence electrons. The molecule has 8 rings (SSSR count). The SMILES string of the molecule is O=C1CCN(N2Cc3cc(CC4CCN(c5cccc6c5CN(c5c(F)ccc(O)c5CC(=O)Nc5nccs5)C6=O)CC4)ccc3C2=O)C(=O)N1. The second kappa shape index (κ2) is 13.4. The van der Waals surface area contributed by atoms with Gasteiger partial charge in [-0.05, 0) is 66.6 Å². The molecule has 2 fully saturated rings. The first-order valence-corrected chi connectivity index (χ1v) is 18.0. The fourth-order valence-corrected chi connectivity index (χ4v) is 8.19. The van der Waals surface area contributed by atoms with Gasteiger partial charge in [0.15, 0.2) is 5.13 Å². The molecule has 4 aromatic rings. The van der Waals surface area contributed by atoms with Crippen molar-refractivity contribution in [2.24, 2.45) is 5.92 Å². The Hall–Kier alpha value is -5.83. The van der Waals surface area contributed by atoms with Crippen LogP contribution >= 0.6 is 11.3 Å². The summed E-state index contributed by atoms with van der Waals surface area (Å²) in [4.78, 5) is 71.2.